The molecule has 1 aliphatic rings. The van der Waals surface area contributed by atoms with Gasteiger partial charge < -0.3 is 0 Å². The van der Waals surface area contributed by atoms with Crippen molar-refractivity contribution in [3.8, 4) is 0 Å². The van der Waals surface area contributed by atoms with Gasteiger partial charge in [0.05, 0.1) is 4.90 Å². The summed E-state index contributed by atoms with van der Waals surface area (Å²) in [6, 6.07) is 5.43. The van der Waals surface area contributed by atoms with Gasteiger partial charge in [-0.25, -0.2) is 8.42 Å². The molecule has 5 nitrogen and oxygen atoms in total. The molecular weight excluding hydrogens is 330 g/mol. The van der Waals surface area contributed by atoms with Crippen LogP contribution in [0, 0.1) is 5.92 Å². The quantitative estimate of drug-likeness (QED) is 0.914. The lowest BCUT2D eigenvalue weighted by Crippen LogP contribution is -2.16. The van der Waals surface area contributed by atoms with Crippen LogP contribution in [0.5, 0.6) is 0 Å². The van der Waals surface area contributed by atoms with Gasteiger partial charge in [-0.2, -0.15) is 0 Å². The number of fused-ring (bicyclic) bond motifs is 1. The van der Waals surface area contributed by atoms with Gasteiger partial charge in [-0.15, -0.1) is 10.2 Å². The minimum absolute atomic E-state index is 0.232. The number of nitrogens with one attached hydrogen (secondary N) is 1. The second kappa shape index (κ2) is 6.20. The van der Waals surface area contributed by atoms with Crippen molar-refractivity contribution in [2.75, 3.05) is 4.72 Å². The number of hydrogen-bond donors (Lipinski definition) is 1. The third kappa shape index (κ3) is 3.55. The molecule has 1 atom stereocenters. The van der Waals surface area contributed by atoms with Gasteiger partial charge in [0, 0.05) is 5.92 Å². The molecule has 0 aliphatic heterocycles. The fourth-order valence-corrected chi connectivity index (χ4v) is 4.79. The highest BCUT2D eigenvalue weighted by atomic mass is 32.2. The molecule has 3 rings (SSSR count). The zero-order chi connectivity index (χ0) is 16.6. The molecule has 1 aliphatic carbocycles. The van der Waals surface area contributed by atoms with Crippen molar-refractivity contribution in [2.45, 2.75) is 50.8 Å². The number of aromatic nitrogens is 2. The zero-order valence-corrected chi connectivity index (χ0v) is 15.2. The maximum Gasteiger partial charge on any atom is 0.263 e. The summed E-state index contributed by atoms with van der Waals surface area (Å²) in [7, 11) is -3.62. The highest BCUT2D eigenvalue weighted by molar-refractivity contribution is 7.93. The van der Waals surface area contributed by atoms with Crippen molar-refractivity contribution in [3.63, 3.8) is 0 Å². The van der Waals surface area contributed by atoms with E-state index in [-0.39, 0.29) is 5.92 Å². The summed E-state index contributed by atoms with van der Waals surface area (Å²) in [6.45, 7) is 6.21. The second-order valence-corrected chi connectivity index (χ2v) is 9.18. The lowest BCUT2D eigenvalue weighted by molar-refractivity contribution is 0.500. The van der Waals surface area contributed by atoms with E-state index in [1.54, 1.807) is 12.1 Å². The maximum atomic E-state index is 12.6. The summed E-state index contributed by atoms with van der Waals surface area (Å²) >= 11 is 1.28. The van der Waals surface area contributed by atoms with Gasteiger partial charge in [0.25, 0.3) is 10.0 Å². The number of anilines is 1. The predicted octanol–water partition coefficient (Wildman–Crippen LogP) is 3.59. The Morgan fingerprint density at radius 1 is 1.26 bits per heavy atom. The molecule has 1 unspecified atom stereocenters. The summed E-state index contributed by atoms with van der Waals surface area (Å²) in [5, 5.41) is 9.08. The number of rotatable bonds is 4. The van der Waals surface area contributed by atoms with Crippen molar-refractivity contribution in [2.24, 2.45) is 5.92 Å². The molecule has 1 aromatic carbocycles. The Morgan fingerprint density at radius 3 is 2.74 bits per heavy atom. The van der Waals surface area contributed by atoms with Gasteiger partial charge in [0.15, 0.2) is 0 Å². The molecule has 2 aromatic rings. The van der Waals surface area contributed by atoms with Gasteiger partial charge in [0.2, 0.25) is 5.13 Å². The number of aryl methyl sites for hydroxylation is 1. The standard InChI is InChI=1S/C16H21N3O2S2/c1-10(2)15-17-18-16(22-15)19-23(20,21)14-7-6-12-5-4-11(3)8-13(12)9-14/h6-7,9-11H,4-5,8H2,1-3H3,(H,18,19). The van der Waals surface area contributed by atoms with Crippen LogP contribution in [0.25, 0.3) is 0 Å². The first-order valence-corrected chi connectivity index (χ1v) is 10.1. The zero-order valence-electron chi connectivity index (χ0n) is 13.5. The van der Waals surface area contributed by atoms with Crippen LogP contribution in [0.2, 0.25) is 0 Å². The second-order valence-electron chi connectivity index (χ2n) is 6.48. The van der Waals surface area contributed by atoms with Crippen LogP contribution in [-0.4, -0.2) is 18.6 Å². The van der Waals surface area contributed by atoms with E-state index in [1.807, 2.05) is 19.9 Å². The largest absolute Gasteiger partial charge is 0.263 e. The first-order chi connectivity index (χ1) is 10.8. The monoisotopic (exact) mass is 351 g/mol. The Hall–Kier alpha value is -1.47. The number of benzene rings is 1. The average molecular weight is 351 g/mol. The summed E-state index contributed by atoms with van der Waals surface area (Å²) in [6.07, 6.45) is 3.13. The minimum Gasteiger partial charge on any atom is -0.253 e. The topological polar surface area (TPSA) is 72.0 Å². The van der Waals surface area contributed by atoms with E-state index in [9.17, 15) is 8.42 Å². The molecule has 0 fully saturated rings. The van der Waals surface area contributed by atoms with Crippen LogP contribution in [0.4, 0.5) is 5.13 Å². The van der Waals surface area contributed by atoms with Crippen LogP contribution >= 0.6 is 11.3 Å². The average Bonchev–Trinajstić information content (AvgIpc) is 2.94. The smallest absolute Gasteiger partial charge is 0.253 e. The Balaban J connectivity index is 1.86. The van der Waals surface area contributed by atoms with Crippen molar-refractivity contribution in [1.29, 1.82) is 0 Å². The van der Waals surface area contributed by atoms with E-state index in [0.29, 0.717) is 15.9 Å². The summed E-state index contributed by atoms with van der Waals surface area (Å²) in [4.78, 5) is 0.298. The lowest BCUT2D eigenvalue weighted by atomic mass is 9.85. The van der Waals surface area contributed by atoms with Crippen LogP contribution in [0.15, 0.2) is 23.1 Å². The normalized spacial score (nSPS) is 18.0. The Bertz CT molecular complexity index is 812. The fraction of sp³-hybridized carbons (Fsp3) is 0.500. The third-order valence-corrected chi connectivity index (χ3v) is 6.72. The number of sulfonamides is 1. The molecule has 0 spiro atoms. The Labute approximate surface area is 141 Å². The molecule has 0 bridgehead atoms. The molecule has 0 amide bonds. The minimum atomic E-state index is -3.62. The highest BCUT2D eigenvalue weighted by Gasteiger charge is 2.21. The van der Waals surface area contributed by atoms with Crippen LogP contribution in [0.3, 0.4) is 0 Å². The summed E-state index contributed by atoms with van der Waals surface area (Å²) < 4.78 is 27.7. The first-order valence-electron chi connectivity index (χ1n) is 7.83. The SMILES string of the molecule is CC1CCc2ccc(S(=O)(=O)Nc3nnc(C(C)C)s3)cc2C1. The Morgan fingerprint density at radius 2 is 2.04 bits per heavy atom. The van der Waals surface area contributed by atoms with Crippen LogP contribution in [0.1, 0.15) is 49.2 Å². The van der Waals surface area contributed by atoms with E-state index >= 15 is 0 Å². The predicted molar refractivity (Wildman–Crippen MR) is 92.4 cm³/mol. The van der Waals surface area contributed by atoms with E-state index in [4.69, 9.17) is 0 Å². The van der Waals surface area contributed by atoms with Crippen LogP contribution < -0.4 is 4.72 Å². The lowest BCUT2D eigenvalue weighted by Gasteiger charge is -2.21. The molecule has 124 valence electrons. The fourth-order valence-electron chi connectivity index (χ4n) is 2.77. The van der Waals surface area contributed by atoms with Crippen molar-refractivity contribution in [3.05, 3.63) is 34.3 Å². The van der Waals surface area contributed by atoms with Crippen molar-refractivity contribution < 1.29 is 8.42 Å². The molecule has 1 aromatic heterocycles. The van der Waals surface area contributed by atoms with E-state index in [1.165, 1.54) is 23.3 Å². The van der Waals surface area contributed by atoms with E-state index < -0.39 is 10.0 Å². The highest BCUT2D eigenvalue weighted by Crippen LogP contribution is 2.29. The van der Waals surface area contributed by atoms with E-state index in [0.717, 1.165) is 23.4 Å². The first kappa shape index (κ1) is 16.4. The van der Waals surface area contributed by atoms with Gasteiger partial charge in [-0.1, -0.05) is 38.2 Å². The van der Waals surface area contributed by atoms with Crippen molar-refractivity contribution >= 4 is 26.5 Å². The van der Waals surface area contributed by atoms with Gasteiger partial charge >= 0.3 is 0 Å². The molecule has 0 saturated heterocycles. The third-order valence-electron chi connectivity index (χ3n) is 4.12. The maximum absolute atomic E-state index is 12.6. The molecule has 0 radical (unpaired) electrons. The Kier molecular flexibility index (Phi) is 4.42. The molecule has 23 heavy (non-hydrogen) atoms. The number of nitrogens with zero attached hydrogens (tertiary/aromatic N) is 2. The van der Waals surface area contributed by atoms with Gasteiger partial charge in [0.1, 0.15) is 5.01 Å². The van der Waals surface area contributed by atoms with Crippen molar-refractivity contribution in [1.82, 2.24) is 10.2 Å². The van der Waals surface area contributed by atoms with Crippen LogP contribution in [-0.2, 0) is 22.9 Å². The molecule has 7 heteroatoms. The molecule has 1 N–H and O–H groups in total. The summed E-state index contributed by atoms with van der Waals surface area (Å²) in [5.74, 6) is 0.834. The molecule has 1 heterocycles. The van der Waals surface area contributed by atoms with Gasteiger partial charge in [-0.05, 0) is 48.4 Å². The molecular formula is C16H21N3O2S2. The summed E-state index contributed by atoms with van der Waals surface area (Å²) in [5.41, 5.74) is 2.41. The van der Waals surface area contributed by atoms with Gasteiger partial charge in [-0.3, -0.25) is 4.72 Å². The molecule has 0 saturated carbocycles. The van der Waals surface area contributed by atoms with E-state index in [2.05, 4.69) is 21.8 Å². The number of hydrogen-bond acceptors (Lipinski definition) is 5.